The summed E-state index contributed by atoms with van der Waals surface area (Å²) in [6.07, 6.45) is 2.00. The molecular weight excluding hydrogens is 476 g/mol. The lowest BCUT2D eigenvalue weighted by atomic mass is 9.79. The van der Waals surface area contributed by atoms with Gasteiger partial charge in [0.05, 0.1) is 4.32 Å². The van der Waals surface area contributed by atoms with Crippen LogP contribution in [-0.4, -0.2) is 0 Å². The van der Waals surface area contributed by atoms with E-state index in [2.05, 4.69) is 150 Å². The second kappa shape index (κ2) is 9.67. The molecule has 164 valence electrons. The van der Waals surface area contributed by atoms with Crippen LogP contribution in [0.4, 0.5) is 0 Å². The predicted octanol–water partition coefficient (Wildman–Crippen LogP) is 9.51. The average molecular weight is 501 g/mol. The van der Waals surface area contributed by atoms with Gasteiger partial charge in [-0.25, -0.2) is 0 Å². The smallest absolute Gasteiger partial charge is 0.0939 e. The van der Waals surface area contributed by atoms with E-state index in [0.29, 0.717) is 0 Å². The molecule has 34 heavy (non-hydrogen) atoms. The molecule has 0 aromatic heterocycles. The van der Waals surface area contributed by atoms with Gasteiger partial charge in [-0.1, -0.05) is 155 Å². The number of rotatable bonds is 6. The lowest BCUT2D eigenvalue weighted by Gasteiger charge is -2.30. The minimum atomic E-state index is -0.543. The molecule has 0 aliphatic heterocycles. The van der Waals surface area contributed by atoms with E-state index in [1.807, 2.05) is 12.1 Å². The van der Waals surface area contributed by atoms with Gasteiger partial charge in [0.25, 0.3) is 0 Å². The fraction of sp³-hybridized carbons (Fsp3) is 0.0303. The van der Waals surface area contributed by atoms with Crippen LogP contribution < -0.4 is 0 Å². The molecule has 0 nitrogen and oxygen atoms in total. The summed E-state index contributed by atoms with van der Waals surface area (Å²) in [6, 6.07) is 47.0. The summed E-state index contributed by atoms with van der Waals surface area (Å²) in [5.74, 6) is 0. The number of hydrogen-bond donors (Lipinski definition) is 0. The summed E-state index contributed by atoms with van der Waals surface area (Å²) >= 11 is 4.12. The molecule has 0 aliphatic carbocycles. The van der Waals surface area contributed by atoms with Crippen molar-refractivity contribution in [1.29, 1.82) is 0 Å². The van der Waals surface area contributed by atoms with Gasteiger partial charge >= 0.3 is 0 Å². The molecule has 0 radical (unpaired) electrons. The summed E-state index contributed by atoms with van der Waals surface area (Å²) in [6.45, 7) is 4.26. The van der Waals surface area contributed by atoms with E-state index in [4.69, 9.17) is 0 Å². The minimum Gasteiger partial charge on any atom is -0.101 e. The zero-order valence-electron chi connectivity index (χ0n) is 18.9. The Morgan fingerprint density at radius 2 is 0.941 bits per heavy atom. The first-order chi connectivity index (χ1) is 16.7. The van der Waals surface area contributed by atoms with Crippen LogP contribution in [0.3, 0.4) is 0 Å². The van der Waals surface area contributed by atoms with Crippen LogP contribution in [0.5, 0.6) is 0 Å². The molecule has 5 aromatic rings. The Morgan fingerprint density at radius 1 is 0.500 bits per heavy atom. The number of allylic oxidation sites excluding steroid dienone is 1. The highest BCUT2D eigenvalue weighted by molar-refractivity contribution is 9.09. The Morgan fingerprint density at radius 3 is 1.44 bits per heavy atom. The van der Waals surface area contributed by atoms with Gasteiger partial charge < -0.3 is 0 Å². The van der Waals surface area contributed by atoms with Gasteiger partial charge in [0.15, 0.2) is 0 Å². The first-order valence-electron chi connectivity index (χ1n) is 11.4. The quantitative estimate of drug-likeness (QED) is 0.161. The highest BCUT2D eigenvalue weighted by Gasteiger charge is 2.32. The van der Waals surface area contributed by atoms with Gasteiger partial charge in [0, 0.05) is 0 Å². The number of halogens is 1. The molecule has 1 heteroatoms. The van der Waals surface area contributed by atoms with E-state index in [1.165, 1.54) is 38.9 Å². The molecule has 1 atom stereocenters. The normalized spacial score (nSPS) is 12.6. The number of hydrogen-bond acceptors (Lipinski definition) is 0. The van der Waals surface area contributed by atoms with Crippen molar-refractivity contribution in [3.63, 3.8) is 0 Å². The molecule has 0 spiro atoms. The second-order valence-corrected chi connectivity index (χ2v) is 9.54. The van der Waals surface area contributed by atoms with Crippen molar-refractivity contribution >= 4 is 15.9 Å². The average Bonchev–Trinajstić information content (AvgIpc) is 2.93. The summed E-state index contributed by atoms with van der Waals surface area (Å²) < 4.78 is -0.543. The van der Waals surface area contributed by atoms with Crippen LogP contribution >= 0.6 is 15.9 Å². The van der Waals surface area contributed by atoms with E-state index >= 15 is 0 Å². The number of benzene rings is 5. The van der Waals surface area contributed by atoms with Gasteiger partial charge in [-0.05, 0) is 44.5 Å². The van der Waals surface area contributed by atoms with Crippen LogP contribution in [0, 0.1) is 0 Å². The zero-order chi connectivity index (χ0) is 23.4. The Balaban J connectivity index is 1.92. The Bertz CT molecular complexity index is 1390. The maximum Gasteiger partial charge on any atom is 0.0939 e. The Hall–Kier alpha value is -3.68. The third kappa shape index (κ3) is 4.04. The molecule has 0 amide bonds. The lowest BCUT2D eigenvalue weighted by molar-refractivity contribution is 0.969. The van der Waals surface area contributed by atoms with Crippen molar-refractivity contribution < 1.29 is 0 Å². The van der Waals surface area contributed by atoms with Gasteiger partial charge in [0.2, 0.25) is 0 Å². The molecule has 0 aliphatic rings. The maximum atomic E-state index is 4.26. The first kappa shape index (κ1) is 22.1. The van der Waals surface area contributed by atoms with Gasteiger partial charge in [-0.2, -0.15) is 0 Å². The van der Waals surface area contributed by atoms with E-state index in [-0.39, 0.29) is 0 Å². The molecule has 0 N–H and O–H groups in total. The largest absolute Gasteiger partial charge is 0.101 e. The molecule has 0 saturated carbocycles. The van der Waals surface area contributed by atoms with Crippen molar-refractivity contribution in [2.75, 3.05) is 0 Å². The third-order valence-electron chi connectivity index (χ3n) is 6.28. The summed E-state index contributed by atoms with van der Waals surface area (Å²) in [5.41, 5.74) is 9.51. The fourth-order valence-electron chi connectivity index (χ4n) is 4.64. The first-order valence-corrected chi connectivity index (χ1v) is 12.2. The highest BCUT2D eigenvalue weighted by atomic mass is 79.9. The molecule has 0 saturated heterocycles. The van der Waals surface area contributed by atoms with E-state index in [1.54, 1.807) is 0 Å². The van der Waals surface area contributed by atoms with Crippen LogP contribution in [-0.2, 0) is 4.32 Å². The molecule has 0 bridgehead atoms. The SMILES string of the molecule is C=CC(Br)(c1ccccc1)c1ccc(-c2ccccc2)c(-c2ccccc2)c1-c1ccccc1. The zero-order valence-corrected chi connectivity index (χ0v) is 20.5. The van der Waals surface area contributed by atoms with Crippen molar-refractivity contribution in [2.45, 2.75) is 4.32 Å². The van der Waals surface area contributed by atoms with E-state index < -0.39 is 4.32 Å². The maximum absolute atomic E-state index is 4.26. The molecular formula is C33H25Br. The fourth-order valence-corrected chi connectivity index (χ4v) is 5.23. The molecule has 5 rings (SSSR count). The van der Waals surface area contributed by atoms with Gasteiger partial charge in [-0.3, -0.25) is 0 Å². The van der Waals surface area contributed by atoms with Crippen LogP contribution in [0.15, 0.2) is 146 Å². The molecule has 1 unspecified atom stereocenters. The molecule has 5 aromatic carbocycles. The molecule has 0 fully saturated rings. The topological polar surface area (TPSA) is 0 Å². The summed E-state index contributed by atoms with van der Waals surface area (Å²) in [5, 5.41) is 0. The standard InChI is InChI=1S/C33H25Br/c1-2-33(34,28-21-13-6-14-22-28)30-24-23-29(25-15-7-3-8-16-25)31(26-17-9-4-10-18-26)32(30)27-19-11-5-12-20-27/h2-24H,1H2. The second-order valence-electron chi connectivity index (χ2n) is 8.29. The predicted molar refractivity (Wildman–Crippen MR) is 149 cm³/mol. The van der Waals surface area contributed by atoms with Crippen LogP contribution in [0.2, 0.25) is 0 Å². The third-order valence-corrected chi connectivity index (χ3v) is 7.49. The van der Waals surface area contributed by atoms with Gasteiger partial charge in [0.1, 0.15) is 0 Å². The van der Waals surface area contributed by atoms with Crippen molar-refractivity contribution in [3.8, 4) is 33.4 Å². The van der Waals surface area contributed by atoms with Crippen molar-refractivity contribution in [3.05, 3.63) is 157 Å². The monoisotopic (exact) mass is 500 g/mol. The van der Waals surface area contributed by atoms with Crippen LogP contribution in [0.1, 0.15) is 11.1 Å². The highest BCUT2D eigenvalue weighted by Crippen LogP contribution is 2.50. The van der Waals surface area contributed by atoms with Crippen LogP contribution in [0.25, 0.3) is 33.4 Å². The van der Waals surface area contributed by atoms with Crippen molar-refractivity contribution in [2.24, 2.45) is 0 Å². The Kier molecular flexibility index (Phi) is 6.29. The summed E-state index contributed by atoms with van der Waals surface area (Å²) in [4.78, 5) is 0. The lowest BCUT2D eigenvalue weighted by Crippen LogP contribution is -2.18. The summed E-state index contributed by atoms with van der Waals surface area (Å²) in [7, 11) is 0. The van der Waals surface area contributed by atoms with E-state index in [0.717, 1.165) is 5.56 Å². The minimum absolute atomic E-state index is 0.543. The van der Waals surface area contributed by atoms with E-state index in [9.17, 15) is 0 Å². The Labute approximate surface area is 210 Å². The van der Waals surface area contributed by atoms with Gasteiger partial charge in [-0.15, -0.1) is 6.58 Å². The van der Waals surface area contributed by atoms with Crippen molar-refractivity contribution in [1.82, 2.24) is 0 Å². The number of alkyl halides is 1. The molecule has 0 heterocycles.